The fraction of sp³-hybridized carbons (Fsp3) is 1.00. The molecule has 0 radical (unpaired) electrons. The fourth-order valence-electron chi connectivity index (χ4n) is 3.57. The molecule has 2 nitrogen and oxygen atoms in total. The lowest BCUT2D eigenvalue weighted by molar-refractivity contribution is -0.0130. The molecule has 106 valence electrons. The van der Waals surface area contributed by atoms with E-state index in [-0.39, 0.29) is 5.54 Å². The van der Waals surface area contributed by atoms with Crippen LogP contribution < -0.4 is 5.73 Å². The van der Waals surface area contributed by atoms with Crippen LogP contribution in [0.4, 0.5) is 0 Å². The molecule has 0 aromatic heterocycles. The maximum Gasteiger partial charge on any atom is 0.0472 e. The Morgan fingerprint density at radius 3 is 2.50 bits per heavy atom. The highest BCUT2D eigenvalue weighted by molar-refractivity contribution is 7.99. The van der Waals surface area contributed by atoms with Crippen molar-refractivity contribution in [3.05, 3.63) is 0 Å². The second-order valence-corrected chi connectivity index (χ2v) is 7.86. The molecule has 1 aliphatic heterocycles. The van der Waals surface area contributed by atoms with Crippen molar-refractivity contribution in [2.75, 3.05) is 31.1 Å². The summed E-state index contributed by atoms with van der Waals surface area (Å²) in [7, 11) is 0. The molecule has 2 aliphatic rings. The molecule has 1 aliphatic carbocycles. The van der Waals surface area contributed by atoms with E-state index in [1.165, 1.54) is 43.7 Å². The molecule has 1 heterocycles. The quantitative estimate of drug-likeness (QED) is 0.833. The summed E-state index contributed by atoms with van der Waals surface area (Å²) in [5.74, 6) is 3.46. The van der Waals surface area contributed by atoms with Gasteiger partial charge in [-0.25, -0.2) is 0 Å². The topological polar surface area (TPSA) is 29.3 Å². The monoisotopic (exact) mass is 270 g/mol. The third kappa shape index (κ3) is 2.46. The molecule has 18 heavy (non-hydrogen) atoms. The normalized spacial score (nSPS) is 32.5. The van der Waals surface area contributed by atoms with Crippen LogP contribution in [0, 0.1) is 11.3 Å². The lowest BCUT2D eigenvalue weighted by Crippen LogP contribution is -2.66. The molecule has 0 aromatic rings. The molecule has 0 spiro atoms. The van der Waals surface area contributed by atoms with E-state index in [0.717, 1.165) is 19.0 Å². The summed E-state index contributed by atoms with van der Waals surface area (Å²) in [6.45, 7) is 10.4. The van der Waals surface area contributed by atoms with Crippen molar-refractivity contribution in [3.8, 4) is 0 Å². The van der Waals surface area contributed by atoms with Gasteiger partial charge in [-0.2, -0.15) is 11.8 Å². The molecule has 0 bridgehead atoms. The fourth-order valence-corrected chi connectivity index (χ4v) is 5.40. The maximum absolute atomic E-state index is 6.27. The van der Waals surface area contributed by atoms with Crippen LogP contribution in [-0.2, 0) is 0 Å². The molecule has 3 heteroatoms. The first-order valence-electron chi connectivity index (χ1n) is 7.58. The van der Waals surface area contributed by atoms with Crippen molar-refractivity contribution in [2.45, 2.75) is 52.0 Å². The van der Waals surface area contributed by atoms with Crippen LogP contribution in [0.15, 0.2) is 0 Å². The second kappa shape index (κ2) is 5.72. The average molecular weight is 270 g/mol. The molecule has 1 unspecified atom stereocenters. The van der Waals surface area contributed by atoms with E-state index in [4.69, 9.17) is 5.73 Å². The number of nitrogens with zero attached hydrogens (tertiary/aromatic N) is 1. The third-order valence-electron chi connectivity index (χ3n) is 5.50. The van der Waals surface area contributed by atoms with Crippen LogP contribution in [0.3, 0.4) is 0 Å². The van der Waals surface area contributed by atoms with Crippen molar-refractivity contribution in [3.63, 3.8) is 0 Å². The molecule has 1 saturated heterocycles. The summed E-state index contributed by atoms with van der Waals surface area (Å²) in [5, 5.41) is 0. The van der Waals surface area contributed by atoms with E-state index in [9.17, 15) is 0 Å². The van der Waals surface area contributed by atoms with Crippen molar-refractivity contribution in [1.29, 1.82) is 0 Å². The maximum atomic E-state index is 6.27. The molecule has 0 aromatic carbocycles. The van der Waals surface area contributed by atoms with Gasteiger partial charge in [-0.1, -0.05) is 27.2 Å². The number of nitrogens with two attached hydrogens (primary N) is 1. The van der Waals surface area contributed by atoms with Crippen molar-refractivity contribution in [2.24, 2.45) is 17.1 Å². The minimum atomic E-state index is 0.222. The van der Waals surface area contributed by atoms with Gasteiger partial charge in [0.05, 0.1) is 0 Å². The third-order valence-corrected chi connectivity index (χ3v) is 6.67. The highest BCUT2D eigenvalue weighted by Gasteiger charge is 2.49. The van der Waals surface area contributed by atoms with Gasteiger partial charge in [0, 0.05) is 24.4 Å². The van der Waals surface area contributed by atoms with Gasteiger partial charge < -0.3 is 5.73 Å². The highest BCUT2D eigenvalue weighted by Crippen LogP contribution is 2.46. The van der Waals surface area contributed by atoms with Crippen LogP contribution in [0.1, 0.15) is 46.5 Å². The van der Waals surface area contributed by atoms with Gasteiger partial charge in [0.2, 0.25) is 0 Å². The molecule has 2 rings (SSSR count). The van der Waals surface area contributed by atoms with Crippen molar-refractivity contribution >= 4 is 11.8 Å². The minimum absolute atomic E-state index is 0.222. The summed E-state index contributed by atoms with van der Waals surface area (Å²) < 4.78 is 0. The van der Waals surface area contributed by atoms with Crippen LogP contribution in [0.5, 0.6) is 0 Å². The first kappa shape index (κ1) is 14.7. The van der Waals surface area contributed by atoms with Crippen LogP contribution >= 0.6 is 11.8 Å². The van der Waals surface area contributed by atoms with E-state index in [1.807, 2.05) is 0 Å². The smallest absolute Gasteiger partial charge is 0.0472 e. The van der Waals surface area contributed by atoms with Gasteiger partial charge >= 0.3 is 0 Å². The summed E-state index contributed by atoms with van der Waals surface area (Å²) in [6, 6.07) is 0. The van der Waals surface area contributed by atoms with Crippen LogP contribution in [0.25, 0.3) is 0 Å². The second-order valence-electron chi connectivity index (χ2n) is 6.76. The van der Waals surface area contributed by atoms with Gasteiger partial charge in [0.15, 0.2) is 0 Å². The Labute approximate surface area is 117 Å². The first-order chi connectivity index (χ1) is 8.55. The van der Waals surface area contributed by atoms with E-state index >= 15 is 0 Å². The standard InChI is InChI=1S/C15H30N2S/c1-4-17(10-13-6-5-7-13)15(11-16)12-18-9-8-14(15,2)3/h13H,4-12,16H2,1-3H3. The van der Waals surface area contributed by atoms with E-state index in [0.29, 0.717) is 5.41 Å². The SMILES string of the molecule is CCN(CC1CCC1)C1(CN)CSCCC1(C)C. The summed E-state index contributed by atoms with van der Waals surface area (Å²) in [4.78, 5) is 2.73. The molecule has 2 N–H and O–H groups in total. The Bertz CT molecular complexity index is 276. The lowest BCUT2D eigenvalue weighted by Gasteiger charge is -2.56. The van der Waals surface area contributed by atoms with Gasteiger partial charge in [-0.15, -0.1) is 0 Å². The molecule has 0 amide bonds. The van der Waals surface area contributed by atoms with Crippen molar-refractivity contribution in [1.82, 2.24) is 4.90 Å². The molecular weight excluding hydrogens is 240 g/mol. The number of hydrogen-bond acceptors (Lipinski definition) is 3. The molecular formula is C15H30N2S. The van der Waals surface area contributed by atoms with E-state index in [1.54, 1.807) is 0 Å². The molecule has 1 saturated carbocycles. The Kier molecular flexibility index (Phi) is 4.66. The number of thioether (sulfide) groups is 1. The zero-order chi connectivity index (χ0) is 13.2. The number of rotatable bonds is 5. The van der Waals surface area contributed by atoms with Crippen molar-refractivity contribution < 1.29 is 0 Å². The van der Waals surface area contributed by atoms with Gasteiger partial charge in [0.1, 0.15) is 0 Å². The first-order valence-corrected chi connectivity index (χ1v) is 8.74. The number of likely N-dealkylation sites (N-methyl/N-ethyl adjacent to an activating group) is 1. The molecule has 2 fully saturated rings. The highest BCUT2D eigenvalue weighted by atomic mass is 32.2. The van der Waals surface area contributed by atoms with E-state index in [2.05, 4.69) is 37.4 Å². The molecule has 1 atom stereocenters. The zero-order valence-corrected chi connectivity index (χ0v) is 13.2. The van der Waals surface area contributed by atoms with Gasteiger partial charge in [-0.05, 0) is 42.9 Å². The van der Waals surface area contributed by atoms with E-state index < -0.39 is 0 Å². The van der Waals surface area contributed by atoms with Crippen LogP contribution in [-0.4, -0.2) is 41.6 Å². The summed E-state index contributed by atoms with van der Waals surface area (Å²) >= 11 is 2.10. The van der Waals surface area contributed by atoms with Crippen LogP contribution in [0.2, 0.25) is 0 Å². The Balaban J connectivity index is 2.15. The van der Waals surface area contributed by atoms with Gasteiger partial charge in [-0.3, -0.25) is 4.90 Å². The zero-order valence-electron chi connectivity index (χ0n) is 12.4. The van der Waals surface area contributed by atoms with Gasteiger partial charge in [0.25, 0.3) is 0 Å². The summed E-state index contributed by atoms with van der Waals surface area (Å²) in [5.41, 5.74) is 6.85. The Hall–Kier alpha value is 0.270. The predicted octanol–water partition coefficient (Wildman–Crippen LogP) is 2.97. The Morgan fingerprint density at radius 1 is 1.33 bits per heavy atom. The lowest BCUT2D eigenvalue weighted by atomic mass is 9.69. The number of hydrogen-bond donors (Lipinski definition) is 1. The average Bonchev–Trinajstić information content (AvgIpc) is 2.29. The predicted molar refractivity (Wildman–Crippen MR) is 82.1 cm³/mol. The summed E-state index contributed by atoms with van der Waals surface area (Å²) in [6.07, 6.45) is 5.61. The minimum Gasteiger partial charge on any atom is -0.329 e. The largest absolute Gasteiger partial charge is 0.329 e. The Morgan fingerprint density at radius 2 is 2.06 bits per heavy atom.